The standard InChI is InChI=1S/C24H27N3O2/c1-15-11-16(2)13-18(12-15)20(14-25)22(24(4,5)6)27-23(29)19-9-7-8-10-21(19)26-17(3)28/h7-13H,1-6H3,(H,26,28)(H,27,29). The molecule has 5 nitrogen and oxygen atoms in total. The molecule has 0 saturated heterocycles. The summed E-state index contributed by atoms with van der Waals surface area (Å²) in [7, 11) is 0. The molecule has 0 aliphatic rings. The van der Waals surface area contributed by atoms with E-state index >= 15 is 0 Å². The van der Waals surface area contributed by atoms with Gasteiger partial charge in [-0.3, -0.25) is 9.59 Å². The van der Waals surface area contributed by atoms with Gasteiger partial charge in [-0.1, -0.05) is 62.2 Å². The Bertz CT molecular complexity index is 1000. The Morgan fingerprint density at radius 2 is 1.59 bits per heavy atom. The van der Waals surface area contributed by atoms with Crippen LogP contribution in [0.4, 0.5) is 5.69 Å². The summed E-state index contributed by atoms with van der Waals surface area (Å²) in [6, 6.07) is 15.0. The predicted molar refractivity (Wildman–Crippen MR) is 116 cm³/mol. The highest BCUT2D eigenvalue weighted by molar-refractivity contribution is 6.04. The third kappa shape index (κ3) is 5.55. The second kappa shape index (κ2) is 8.74. The van der Waals surface area contributed by atoms with Gasteiger partial charge >= 0.3 is 0 Å². The van der Waals surface area contributed by atoms with E-state index in [1.54, 1.807) is 24.3 Å². The van der Waals surface area contributed by atoms with Crippen LogP contribution in [0, 0.1) is 30.6 Å². The Morgan fingerprint density at radius 3 is 2.10 bits per heavy atom. The molecule has 0 saturated carbocycles. The van der Waals surface area contributed by atoms with Gasteiger partial charge < -0.3 is 10.6 Å². The molecule has 0 heterocycles. The molecule has 0 spiro atoms. The number of aryl methyl sites for hydroxylation is 2. The summed E-state index contributed by atoms with van der Waals surface area (Å²) in [6.07, 6.45) is 0. The SMILES string of the molecule is CC(=O)Nc1ccccc1C(=O)NC(=C(C#N)c1cc(C)cc(C)c1)C(C)(C)C. The van der Waals surface area contributed by atoms with Crippen LogP contribution in [0.5, 0.6) is 0 Å². The van der Waals surface area contributed by atoms with Gasteiger partial charge in [-0.15, -0.1) is 0 Å². The monoisotopic (exact) mass is 389 g/mol. The Balaban J connectivity index is 2.57. The Hall–Kier alpha value is -3.39. The molecule has 2 N–H and O–H groups in total. The second-order valence-corrected chi connectivity index (χ2v) is 8.17. The Morgan fingerprint density at radius 1 is 1.00 bits per heavy atom. The van der Waals surface area contributed by atoms with Crippen LogP contribution >= 0.6 is 0 Å². The molecular formula is C24H27N3O2. The van der Waals surface area contributed by atoms with Gasteiger partial charge in [0, 0.05) is 18.0 Å². The molecule has 0 aliphatic carbocycles. The molecule has 0 radical (unpaired) electrons. The number of nitrogens with zero attached hydrogens (tertiary/aromatic N) is 1. The average Bonchev–Trinajstić information content (AvgIpc) is 2.59. The molecule has 29 heavy (non-hydrogen) atoms. The van der Waals surface area contributed by atoms with E-state index in [0.29, 0.717) is 22.5 Å². The highest BCUT2D eigenvalue weighted by atomic mass is 16.2. The first-order valence-corrected chi connectivity index (χ1v) is 9.44. The summed E-state index contributed by atoms with van der Waals surface area (Å²) in [5.41, 5.74) is 4.10. The van der Waals surface area contributed by atoms with Crippen molar-refractivity contribution in [3.05, 3.63) is 70.4 Å². The first kappa shape index (κ1) is 21.9. The van der Waals surface area contributed by atoms with Crippen molar-refractivity contribution in [2.24, 2.45) is 5.41 Å². The molecule has 0 bridgehead atoms. The fourth-order valence-corrected chi connectivity index (χ4v) is 3.17. The molecule has 2 aromatic carbocycles. The van der Waals surface area contributed by atoms with E-state index in [9.17, 15) is 14.9 Å². The van der Waals surface area contributed by atoms with Crippen LogP contribution in [0.2, 0.25) is 0 Å². The maximum Gasteiger partial charge on any atom is 0.257 e. The molecule has 150 valence electrons. The number of nitrogens with one attached hydrogen (secondary N) is 2. The average molecular weight is 389 g/mol. The topological polar surface area (TPSA) is 82.0 Å². The van der Waals surface area contributed by atoms with Crippen LogP contribution in [0.25, 0.3) is 5.57 Å². The molecule has 0 aromatic heterocycles. The van der Waals surface area contributed by atoms with E-state index in [2.05, 4.69) is 16.7 Å². The molecule has 0 aliphatic heterocycles. The molecule has 0 atom stereocenters. The van der Waals surface area contributed by atoms with Crippen molar-refractivity contribution in [1.29, 1.82) is 5.26 Å². The first-order chi connectivity index (χ1) is 13.5. The Labute approximate surface area is 172 Å². The fourth-order valence-electron chi connectivity index (χ4n) is 3.17. The molecule has 5 heteroatoms. The number of amides is 2. The normalized spacial score (nSPS) is 11.9. The van der Waals surface area contributed by atoms with Crippen LogP contribution in [0.3, 0.4) is 0 Å². The van der Waals surface area contributed by atoms with Crippen LogP contribution in [0.1, 0.15) is 54.7 Å². The van der Waals surface area contributed by atoms with Crippen LogP contribution in [-0.4, -0.2) is 11.8 Å². The Kier molecular flexibility index (Phi) is 6.60. The van der Waals surface area contributed by atoms with Gasteiger partial charge in [-0.2, -0.15) is 5.26 Å². The lowest BCUT2D eigenvalue weighted by Gasteiger charge is -2.26. The largest absolute Gasteiger partial charge is 0.326 e. The van der Waals surface area contributed by atoms with E-state index in [1.165, 1.54) is 6.92 Å². The number of benzene rings is 2. The molecule has 2 amide bonds. The second-order valence-electron chi connectivity index (χ2n) is 8.17. The van der Waals surface area contributed by atoms with Crippen LogP contribution in [0.15, 0.2) is 48.2 Å². The van der Waals surface area contributed by atoms with E-state index < -0.39 is 5.41 Å². The maximum absolute atomic E-state index is 13.1. The molecule has 0 unspecified atom stereocenters. The summed E-state index contributed by atoms with van der Waals surface area (Å²) in [4.78, 5) is 24.6. The number of para-hydroxylation sites is 1. The lowest BCUT2D eigenvalue weighted by atomic mass is 9.86. The van der Waals surface area contributed by atoms with Crippen molar-refractivity contribution in [3.63, 3.8) is 0 Å². The van der Waals surface area contributed by atoms with Crippen molar-refractivity contribution in [1.82, 2.24) is 5.32 Å². The molecular weight excluding hydrogens is 362 g/mol. The van der Waals surface area contributed by atoms with Gasteiger partial charge in [0.25, 0.3) is 5.91 Å². The summed E-state index contributed by atoms with van der Waals surface area (Å²) >= 11 is 0. The van der Waals surface area contributed by atoms with Gasteiger partial charge in [0.2, 0.25) is 5.91 Å². The number of hydrogen-bond donors (Lipinski definition) is 2. The summed E-state index contributed by atoms with van der Waals surface area (Å²) in [6.45, 7) is 11.2. The van der Waals surface area contributed by atoms with Crippen molar-refractivity contribution in [2.75, 3.05) is 5.32 Å². The number of carbonyl (C=O) groups is 2. The van der Waals surface area contributed by atoms with Gasteiger partial charge in [0.05, 0.1) is 16.8 Å². The van der Waals surface area contributed by atoms with Crippen molar-refractivity contribution in [3.8, 4) is 6.07 Å². The van der Waals surface area contributed by atoms with Crippen molar-refractivity contribution >= 4 is 23.1 Å². The zero-order valence-electron chi connectivity index (χ0n) is 17.8. The minimum atomic E-state index is -0.485. The number of rotatable bonds is 4. The van der Waals surface area contributed by atoms with Crippen molar-refractivity contribution < 1.29 is 9.59 Å². The number of carbonyl (C=O) groups excluding carboxylic acids is 2. The highest BCUT2D eigenvalue weighted by Crippen LogP contribution is 2.32. The third-order valence-electron chi connectivity index (χ3n) is 4.34. The lowest BCUT2D eigenvalue weighted by Crippen LogP contribution is -2.32. The number of hydrogen-bond acceptors (Lipinski definition) is 3. The number of anilines is 1. The van der Waals surface area contributed by atoms with Gasteiger partial charge in [-0.25, -0.2) is 0 Å². The zero-order valence-corrected chi connectivity index (χ0v) is 17.8. The third-order valence-corrected chi connectivity index (χ3v) is 4.34. The number of allylic oxidation sites excluding steroid dienone is 2. The first-order valence-electron chi connectivity index (χ1n) is 9.44. The predicted octanol–water partition coefficient (Wildman–Crippen LogP) is 4.97. The minimum absolute atomic E-state index is 0.259. The van der Waals surface area contributed by atoms with Crippen molar-refractivity contribution in [2.45, 2.75) is 41.5 Å². The van der Waals surface area contributed by atoms with Gasteiger partial charge in [0.1, 0.15) is 6.07 Å². The van der Waals surface area contributed by atoms with Gasteiger partial charge in [-0.05, 0) is 31.5 Å². The van der Waals surface area contributed by atoms with E-state index in [4.69, 9.17) is 0 Å². The zero-order chi connectivity index (χ0) is 21.8. The fraction of sp³-hybridized carbons (Fsp3) is 0.292. The summed E-state index contributed by atoms with van der Waals surface area (Å²) < 4.78 is 0. The molecule has 2 rings (SSSR count). The van der Waals surface area contributed by atoms with Crippen LogP contribution < -0.4 is 10.6 Å². The minimum Gasteiger partial charge on any atom is -0.326 e. The van der Waals surface area contributed by atoms with Crippen LogP contribution in [-0.2, 0) is 4.79 Å². The number of nitriles is 1. The van der Waals surface area contributed by atoms with E-state index in [0.717, 1.165) is 16.7 Å². The quantitative estimate of drug-likeness (QED) is 0.724. The molecule has 2 aromatic rings. The summed E-state index contributed by atoms with van der Waals surface area (Å²) in [5, 5.41) is 15.6. The molecule has 0 fully saturated rings. The van der Waals surface area contributed by atoms with E-state index in [1.807, 2.05) is 52.8 Å². The maximum atomic E-state index is 13.1. The van der Waals surface area contributed by atoms with Gasteiger partial charge in [0.15, 0.2) is 0 Å². The highest BCUT2D eigenvalue weighted by Gasteiger charge is 2.26. The summed E-state index contributed by atoms with van der Waals surface area (Å²) in [5.74, 6) is -0.638. The lowest BCUT2D eigenvalue weighted by molar-refractivity contribution is -0.114. The smallest absolute Gasteiger partial charge is 0.257 e. The van der Waals surface area contributed by atoms with E-state index in [-0.39, 0.29) is 11.8 Å².